The van der Waals surface area contributed by atoms with Crippen LogP contribution in [0.1, 0.15) is 25.7 Å². The third kappa shape index (κ3) is 9.69. The fraction of sp³-hybridized carbons (Fsp3) is 0.367. The highest BCUT2D eigenvalue weighted by Gasteiger charge is 2.14. The minimum atomic E-state index is -0.967. The number of pyridine rings is 1. The number of aliphatic hydroxyl groups is 1. The number of aliphatic hydroxyl groups excluding tert-OH is 1. The Morgan fingerprint density at radius 3 is 2.55 bits per heavy atom. The van der Waals surface area contributed by atoms with Gasteiger partial charge in [-0.1, -0.05) is 11.3 Å². The number of phenols is 1. The van der Waals surface area contributed by atoms with Crippen molar-refractivity contribution in [2.45, 2.75) is 31.7 Å². The molecule has 44 heavy (non-hydrogen) atoms. The minimum Gasteiger partial charge on any atom is -0.505 e. The molecule has 234 valence electrons. The van der Waals surface area contributed by atoms with E-state index in [2.05, 4.69) is 20.6 Å². The summed E-state index contributed by atoms with van der Waals surface area (Å²) in [7, 11) is 0. The van der Waals surface area contributed by atoms with E-state index < -0.39 is 23.6 Å². The molecule has 1 atom stereocenters. The summed E-state index contributed by atoms with van der Waals surface area (Å²) in [4.78, 5) is 27.8. The molecule has 4 rings (SSSR count). The monoisotopic (exact) mass is 611 g/mol. The van der Waals surface area contributed by atoms with Gasteiger partial charge in [-0.3, -0.25) is 9.59 Å². The van der Waals surface area contributed by atoms with Crippen LogP contribution in [0, 0.1) is 5.82 Å². The third-order valence-electron chi connectivity index (χ3n) is 6.34. The number of aromatic hydroxyl groups is 1. The molecule has 0 aliphatic carbocycles. The topological polar surface area (TPSA) is 178 Å². The largest absolute Gasteiger partial charge is 0.505 e. The number of hydrogen-bond donors (Lipinski definition) is 4. The zero-order chi connectivity index (χ0) is 31.3. The summed E-state index contributed by atoms with van der Waals surface area (Å²) in [5.74, 6) is -1.76. The van der Waals surface area contributed by atoms with Gasteiger partial charge in [-0.2, -0.15) is 0 Å². The molecule has 0 fully saturated rings. The summed E-state index contributed by atoms with van der Waals surface area (Å²) in [6, 6.07) is 12.6. The van der Waals surface area contributed by atoms with E-state index in [4.69, 9.17) is 24.4 Å². The fourth-order valence-corrected chi connectivity index (χ4v) is 4.11. The van der Waals surface area contributed by atoms with E-state index in [9.17, 15) is 19.1 Å². The van der Waals surface area contributed by atoms with Crippen molar-refractivity contribution in [1.29, 1.82) is 0 Å². The Hall–Kier alpha value is -4.66. The molecule has 4 aromatic rings. The number of aromatic nitrogens is 4. The van der Waals surface area contributed by atoms with Crippen molar-refractivity contribution in [3.63, 3.8) is 0 Å². The maximum Gasteiger partial charge on any atom is 0.305 e. The Morgan fingerprint density at radius 1 is 0.955 bits per heavy atom. The van der Waals surface area contributed by atoms with Crippen LogP contribution in [0.3, 0.4) is 0 Å². The second kappa shape index (κ2) is 16.3. The number of carbonyl (C=O) groups is 2. The molecule has 2 heterocycles. The summed E-state index contributed by atoms with van der Waals surface area (Å²) in [5.41, 5.74) is 2.18. The number of benzene rings is 2. The molecule has 0 spiro atoms. The van der Waals surface area contributed by atoms with E-state index >= 15 is 0 Å². The van der Waals surface area contributed by atoms with E-state index in [0.29, 0.717) is 54.4 Å². The number of hydrogen-bond acceptors (Lipinski definition) is 10. The number of halogens is 1. The van der Waals surface area contributed by atoms with Gasteiger partial charge in [0.15, 0.2) is 11.6 Å². The quantitative estimate of drug-likeness (QED) is 0.122. The number of nitrogens with zero attached hydrogens (tertiary/aromatic N) is 4. The SMILES string of the molecule is O=C(O)CCOCC(COCCCO)NC(=O)CCCOc1ccc2nc(-c3cn(-c4ccc(O)c(F)c4)nn3)ccc2c1. The number of phenolic OH excluding ortho intramolecular Hbond substituents is 1. The summed E-state index contributed by atoms with van der Waals surface area (Å²) in [6.07, 6.45) is 2.62. The molecule has 0 bridgehead atoms. The van der Waals surface area contributed by atoms with E-state index in [1.807, 2.05) is 18.2 Å². The molecule has 2 aromatic carbocycles. The first-order valence-electron chi connectivity index (χ1n) is 14.0. The maximum atomic E-state index is 13.7. The highest BCUT2D eigenvalue weighted by Crippen LogP contribution is 2.24. The van der Waals surface area contributed by atoms with Crippen LogP contribution in [0.25, 0.3) is 28.0 Å². The van der Waals surface area contributed by atoms with Crippen LogP contribution in [0.15, 0.2) is 54.7 Å². The summed E-state index contributed by atoms with van der Waals surface area (Å²) in [6.45, 7) is 0.951. The molecule has 0 saturated carbocycles. The maximum absolute atomic E-state index is 13.7. The first kappa shape index (κ1) is 32.3. The molecular formula is C30H34FN5O8. The number of fused-ring (bicyclic) bond motifs is 1. The molecule has 14 heteroatoms. The van der Waals surface area contributed by atoms with E-state index in [-0.39, 0.29) is 45.2 Å². The molecule has 2 aromatic heterocycles. The minimum absolute atomic E-state index is 0.00205. The van der Waals surface area contributed by atoms with Crippen LogP contribution in [0.5, 0.6) is 11.5 Å². The molecule has 0 aliphatic heterocycles. The van der Waals surface area contributed by atoms with Crippen LogP contribution in [0.2, 0.25) is 0 Å². The lowest BCUT2D eigenvalue weighted by atomic mass is 10.1. The third-order valence-corrected chi connectivity index (χ3v) is 6.34. The molecule has 0 radical (unpaired) electrons. The highest BCUT2D eigenvalue weighted by molar-refractivity contribution is 5.82. The Morgan fingerprint density at radius 2 is 1.77 bits per heavy atom. The number of carboxylic acid groups (broad SMARTS) is 1. The number of amides is 1. The fourth-order valence-electron chi connectivity index (χ4n) is 4.11. The van der Waals surface area contributed by atoms with Crippen molar-refractivity contribution in [3.05, 3.63) is 60.5 Å². The highest BCUT2D eigenvalue weighted by atomic mass is 19.1. The van der Waals surface area contributed by atoms with Crippen molar-refractivity contribution < 1.29 is 43.5 Å². The van der Waals surface area contributed by atoms with Crippen molar-refractivity contribution >= 4 is 22.8 Å². The number of carbonyl (C=O) groups excluding carboxylic acids is 1. The molecular weight excluding hydrogens is 577 g/mol. The standard InChI is InChI=1S/C30H34FN5O8/c31-24-16-22(5-9-28(24)38)36-17-27(34-35-36)26-7-4-20-15-23(6-8-25(20)33-26)44-13-1-3-29(39)32-21(18-42-12-2-11-37)19-43-14-10-30(40)41/h4-9,15-17,21,37-38H,1-3,10-14,18-19H2,(H,32,39)(H,40,41). The van der Waals surface area contributed by atoms with Gasteiger partial charge < -0.3 is 34.8 Å². The van der Waals surface area contributed by atoms with Gasteiger partial charge in [0.25, 0.3) is 0 Å². The number of ether oxygens (including phenoxy) is 3. The van der Waals surface area contributed by atoms with Crippen LogP contribution in [0.4, 0.5) is 4.39 Å². The second-order valence-electron chi connectivity index (χ2n) is 9.82. The second-order valence-corrected chi connectivity index (χ2v) is 9.82. The van der Waals surface area contributed by atoms with Gasteiger partial charge in [0.05, 0.1) is 62.0 Å². The Balaban J connectivity index is 1.25. The first-order chi connectivity index (χ1) is 21.3. The van der Waals surface area contributed by atoms with Crippen LogP contribution < -0.4 is 10.1 Å². The molecule has 0 aliphatic rings. The smallest absolute Gasteiger partial charge is 0.305 e. The van der Waals surface area contributed by atoms with Gasteiger partial charge >= 0.3 is 5.97 Å². The predicted molar refractivity (Wildman–Crippen MR) is 156 cm³/mol. The number of rotatable bonds is 18. The van der Waals surface area contributed by atoms with Gasteiger partial charge in [0.1, 0.15) is 11.4 Å². The van der Waals surface area contributed by atoms with E-state index in [1.165, 1.54) is 16.8 Å². The van der Waals surface area contributed by atoms with Gasteiger partial charge in [0, 0.05) is 31.1 Å². The zero-order valence-corrected chi connectivity index (χ0v) is 23.9. The van der Waals surface area contributed by atoms with Gasteiger partial charge in [-0.05, 0) is 49.2 Å². The lowest BCUT2D eigenvalue weighted by Gasteiger charge is -2.19. The summed E-state index contributed by atoms with van der Waals surface area (Å²) >= 11 is 0. The van der Waals surface area contributed by atoms with Gasteiger partial charge in [0.2, 0.25) is 5.91 Å². The van der Waals surface area contributed by atoms with E-state index in [0.717, 1.165) is 11.5 Å². The van der Waals surface area contributed by atoms with Crippen LogP contribution in [-0.2, 0) is 19.1 Å². The van der Waals surface area contributed by atoms with Gasteiger partial charge in [-0.25, -0.2) is 14.1 Å². The lowest BCUT2D eigenvalue weighted by molar-refractivity contribution is -0.138. The van der Waals surface area contributed by atoms with Crippen molar-refractivity contribution in [2.24, 2.45) is 0 Å². The normalized spacial score (nSPS) is 11.9. The number of nitrogens with one attached hydrogen (secondary N) is 1. The van der Waals surface area contributed by atoms with Crippen LogP contribution in [-0.4, -0.2) is 92.9 Å². The predicted octanol–water partition coefficient (Wildman–Crippen LogP) is 2.86. The molecule has 1 amide bonds. The average Bonchev–Trinajstić information content (AvgIpc) is 3.51. The Labute approximate surface area is 252 Å². The van der Waals surface area contributed by atoms with Crippen LogP contribution >= 0.6 is 0 Å². The first-order valence-corrected chi connectivity index (χ1v) is 14.0. The molecule has 1 unspecified atom stereocenters. The van der Waals surface area contributed by atoms with Crippen molar-refractivity contribution in [2.75, 3.05) is 39.6 Å². The van der Waals surface area contributed by atoms with Crippen molar-refractivity contribution in [3.8, 4) is 28.6 Å². The molecule has 4 N–H and O–H groups in total. The molecule has 0 saturated heterocycles. The summed E-state index contributed by atoms with van der Waals surface area (Å²) in [5, 5.41) is 38.9. The number of aliphatic carboxylic acids is 1. The summed E-state index contributed by atoms with van der Waals surface area (Å²) < 4.78 is 31.8. The lowest BCUT2D eigenvalue weighted by Crippen LogP contribution is -2.41. The Bertz CT molecular complexity index is 1550. The Kier molecular flexibility index (Phi) is 11.9. The van der Waals surface area contributed by atoms with Crippen molar-refractivity contribution in [1.82, 2.24) is 25.3 Å². The van der Waals surface area contributed by atoms with Gasteiger partial charge in [-0.15, -0.1) is 5.10 Å². The van der Waals surface area contributed by atoms with E-state index in [1.54, 1.807) is 18.3 Å². The zero-order valence-electron chi connectivity index (χ0n) is 23.9. The average molecular weight is 612 g/mol. The number of carboxylic acids is 1. The molecule has 13 nitrogen and oxygen atoms in total.